The summed E-state index contributed by atoms with van der Waals surface area (Å²) < 4.78 is 77.4. The number of nitrogens with zero attached hydrogens (tertiary/aromatic N) is 3. The molecule has 3 heterocycles. The number of carbonyl (C=O) groups is 2. The largest absolute Gasteiger partial charge is 0.406 e. The van der Waals surface area contributed by atoms with Crippen LogP contribution in [-0.2, 0) is 29.2 Å². The molecule has 176 valence electrons. The van der Waals surface area contributed by atoms with Gasteiger partial charge in [0.1, 0.15) is 11.4 Å². The van der Waals surface area contributed by atoms with Crippen LogP contribution in [0.5, 0.6) is 0 Å². The Morgan fingerprint density at radius 1 is 1.00 bits per heavy atom. The van der Waals surface area contributed by atoms with Crippen molar-refractivity contribution in [3.63, 3.8) is 0 Å². The van der Waals surface area contributed by atoms with Crippen molar-refractivity contribution in [3.8, 4) is 0 Å². The summed E-state index contributed by atoms with van der Waals surface area (Å²) in [7, 11) is 0. The number of aryl methyl sites for hydroxylation is 2. The maximum Gasteiger partial charge on any atom is 0.406 e. The molecule has 1 saturated heterocycles. The van der Waals surface area contributed by atoms with Crippen LogP contribution in [0.15, 0.2) is 9.59 Å². The van der Waals surface area contributed by atoms with Gasteiger partial charge in [0.05, 0.1) is 18.4 Å². The van der Waals surface area contributed by atoms with Crippen LogP contribution in [0.4, 0.5) is 26.3 Å². The zero-order valence-corrected chi connectivity index (χ0v) is 17.2. The van der Waals surface area contributed by atoms with Gasteiger partial charge in [-0.2, -0.15) is 26.3 Å². The Hall–Kier alpha value is -2.84. The number of carbonyl (C=O) groups excluding carboxylic acids is 2. The molecule has 2 aromatic rings. The highest BCUT2D eigenvalue weighted by molar-refractivity contribution is 7.18. The number of thiophene rings is 1. The van der Waals surface area contributed by atoms with Crippen LogP contribution in [0.25, 0.3) is 10.2 Å². The Balaban J connectivity index is 2.17. The van der Waals surface area contributed by atoms with Crippen LogP contribution in [0.1, 0.15) is 16.9 Å². The highest BCUT2D eigenvalue weighted by Gasteiger charge is 2.34. The molecule has 0 unspecified atom stereocenters. The molecule has 0 spiro atoms. The van der Waals surface area contributed by atoms with Crippen LogP contribution in [0.2, 0.25) is 0 Å². The summed E-state index contributed by atoms with van der Waals surface area (Å²) in [6.45, 7) is -1.49. The Bertz CT molecular complexity index is 1190. The molecule has 15 heteroatoms. The van der Waals surface area contributed by atoms with Gasteiger partial charge in [0.15, 0.2) is 0 Å². The summed E-state index contributed by atoms with van der Waals surface area (Å²) in [5, 5.41) is 2.01. The first-order valence-electron chi connectivity index (χ1n) is 9.16. The summed E-state index contributed by atoms with van der Waals surface area (Å²) in [6.07, 6.45) is -11.2. The molecule has 1 aliphatic rings. The van der Waals surface area contributed by atoms with E-state index >= 15 is 0 Å². The lowest BCUT2D eigenvalue weighted by atomic mass is 10.2. The van der Waals surface area contributed by atoms with E-state index in [1.165, 1.54) is 6.92 Å². The van der Waals surface area contributed by atoms with Crippen molar-refractivity contribution in [1.29, 1.82) is 0 Å². The standard InChI is InChI=1S/C17H16F6N4O4S/c1-8-9(6-25-5-3-24-11(28)13(25)30)32-14-10(8)12(29)27(7-17(21,22)23)15(31)26(14)4-2-16(18,19)20/h2-7H2,1H3,(H,24,28). The molecule has 8 nitrogen and oxygen atoms in total. The van der Waals surface area contributed by atoms with E-state index in [0.717, 1.165) is 16.2 Å². The smallest absolute Gasteiger partial charge is 0.346 e. The predicted octanol–water partition coefficient (Wildman–Crippen LogP) is 1.51. The van der Waals surface area contributed by atoms with Gasteiger partial charge in [-0.3, -0.25) is 23.5 Å². The molecule has 0 bridgehead atoms. The molecule has 1 aliphatic heterocycles. The number of rotatable bonds is 5. The molecule has 0 atom stereocenters. The number of hydrogen-bond acceptors (Lipinski definition) is 5. The maximum absolute atomic E-state index is 12.9. The minimum Gasteiger partial charge on any atom is -0.346 e. The summed E-state index contributed by atoms with van der Waals surface area (Å²) >= 11 is 0.728. The summed E-state index contributed by atoms with van der Waals surface area (Å²) in [5.41, 5.74) is -2.66. The van der Waals surface area contributed by atoms with Crippen molar-refractivity contribution < 1.29 is 35.9 Å². The highest BCUT2D eigenvalue weighted by Crippen LogP contribution is 2.30. The summed E-state index contributed by atoms with van der Waals surface area (Å²) in [6, 6.07) is 0. The zero-order valence-electron chi connectivity index (χ0n) is 16.4. The molecule has 2 aromatic heterocycles. The van der Waals surface area contributed by atoms with E-state index in [0.29, 0.717) is 4.57 Å². The average molecular weight is 486 g/mol. The minimum absolute atomic E-state index is 0.122. The van der Waals surface area contributed by atoms with Crippen molar-refractivity contribution in [2.24, 2.45) is 0 Å². The number of fused-ring (bicyclic) bond motifs is 1. The van der Waals surface area contributed by atoms with Gasteiger partial charge in [-0.1, -0.05) is 0 Å². The lowest BCUT2D eigenvalue weighted by molar-refractivity contribution is -0.148. The van der Waals surface area contributed by atoms with Crippen molar-refractivity contribution in [2.75, 3.05) is 13.1 Å². The lowest BCUT2D eigenvalue weighted by Crippen LogP contribution is -2.51. The van der Waals surface area contributed by atoms with Gasteiger partial charge in [0.2, 0.25) is 0 Å². The normalized spacial score (nSPS) is 15.5. The molecule has 0 aliphatic carbocycles. The van der Waals surface area contributed by atoms with E-state index in [-0.39, 0.29) is 44.9 Å². The van der Waals surface area contributed by atoms with E-state index in [4.69, 9.17) is 0 Å². The van der Waals surface area contributed by atoms with E-state index in [9.17, 15) is 45.5 Å². The van der Waals surface area contributed by atoms with Gasteiger partial charge in [-0.15, -0.1) is 11.3 Å². The van der Waals surface area contributed by atoms with Crippen LogP contribution in [0.3, 0.4) is 0 Å². The molecule has 0 aromatic carbocycles. The highest BCUT2D eigenvalue weighted by atomic mass is 32.1. The predicted molar refractivity (Wildman–Crippen MR) is 100 cm³/mol. The molecule has 1 N–H and O–H groups in total. The van der Waals surface area contributed by atoms with Gasteiger partial charge in [0, 0.05) is 24.5 Å². The minimum atomic E-state index is -4.96. The summed E-state index contributed by atoms with van der Waals surface area (Å²) in [4.78, 5) is 50.0. The van der Waals surface area contributed by atoms with E-state index in [1.807, 2.05) is 0 Å². The fraction of sp³-hybridized carbons (Fsp3) is 0.529. The molecule has 0 saturated carbocycles. The lowest BCUT2D eigenvalue weighted by Gasteiger charge is -2.26. The first kappa shape index (κ1) is 23.8. The molecule has 3 rings (SSSR count). The van der Waals surface area contributed by atoms with E-state index in [1.54, 1.807) is 0 Å². The maximum atomic E-state index is 12.9. The molecular weight excluding hydrogens is 470 g/mol. The number of alkyl halides is 6. The van der Waals surface area contributed by atoms with Gasteiger partial charge in [0.25, 0.3) is 5.56 Å². The van der Waals surface area contributed by atoms with Crippen molar-refractivity contribution in [2.45, 2.75) is 45.3 Å². The number of piperazine rings is 1. The Kier molecular flexibility index (Phi) is 6.14. The molecule has 32 heavy (non-hydrogen) atoms. The van der Waals surface area contributed by atoms with Gasteiger partial charge in [-0.25, -0.2) is 4.79 Å². The topological polar surface area (TPSA) is 93.4 Å². The average Bonchev–Trinajstić information content (AvgIpc) is 2.97. The second-order valence-electron chi connectivity index (χ2n) is 7.12. The molecule has 2 amide bonds. The fourth-order valence-corrected chi connectivity index (χ4v) is 4.63. The molecule has 1 fully saturated rings. The Labute approximate surface area is 179 Å². The number of amides is 2. The van der Waals surface area contributed by atoms with E-state index in [2.05, 4.69) is 5.32 Å². The third-order valence-electron chi connectivity index (χ3n) is 4.83. The second-order valence-corrected chi connectivity index (χ2v) is 8.20. The summed E-state index contributed by atoms with van der Waals surface area (Å²) in [5.74, 6) is -1.72. The van der Waals surface area contributed by atoms with Gasteiger partial charge in [-0.05, 0) is 12.5 Å². The van der Waals surface area contributed by atoms with Crippen molar-refractivity contribution >= 4 is 33.4 Å². The zero-order chi connectivity index (χ0) is 24.0. The first-order valence-corrected chi connectivity index (χ1v) is 9.97. The van der Waals surface area contributed by atoms with Crippen LogP contribution < -0.4 is 16.6 Å². The third kappa shape index (κ3) is 4.81. The number of aromatic nitrogens is 2. The monoisotopic (exact) mass is 486 g/mol. The number of nitrogens with one attached hydrogen (secondary N) is 1. The van der Waals surface area contributed by atoms with Gasteiger partial charge >= 0.3 is 29.9 Å². The molecule has 0 radical (unpaired) electrons. The second kappa shape index (κ2) is 8.26. The van der Waals surface area contributed by atoms with E-state index < -0.39 is 54.9 Å². The SMILES string of the molecule is Cc1c(CN2CCNC(=O)C2=O)sc2c1c(=O)n(CC(F)(F)F)c(=O)n2CCC(F)(F)F. The number of halogens is 6. The van der Waals surface area contributed by atoms with Crippen molar-refractivity contribution in [1.82, 2.24) is 19.4 Å². The quantitative estimate of drug-likeness (QED) is 0.512. The van der Waals surface area contributed by atoms with Crippen LogP contribution in [-0.4, -0.2) is 51.3 Å². The fourth-order valence-electron chi connectivity index (χ4n) is 3.30. The van der Waals surface area contributed by atoms with Gasteiger partial charge < -0.3 is 10.2 Å². The third-order valence-corrected chi connectivity index (χ3v) is 6.13. The van der Waals surface area contributed by atoms with Crippen LogP contribution in [0, 0.1) is 6.92 Å². The Morgan fingerprint density at radius 2 is 1.66 bits per heavy atom. The molecular formula is C17H16F6N4O4S. The first-order chi connectivity index (χ1) is 14.7. The Morgan fingerprint density at radius 3 is 2.25 bits per heavy atom. The van der Waals surface area contributed by atoms with Crippen molar-refractivity contribution in [3.05, 3.63) is 31.3 Å². The van der Waals surface area contributed by atoms with Crippen LogP contribution >= 0.6 is 11.3 Å². The number of hydrogen-bond donors (Lipinski definition) is 1.